The van der Waals surface area contributed by atoms with Crippen molar-refractivity contribution >= 4 is 13.8 Å². The van der Waals surface area contributed by atoms with Crippen LogP contribution in [-0.2, 0) is 9.53 Å². The van der Waals surface area contributed by atoms with Crippen molar-refractivity contribution in [2.24, 2.45) is 0 Å². The highest BCUT2D eigenvalue weighted by molar-refractivity contribution is 6.12. The van der Waals surface area contributed by atoms with Crippen LogP contribution in [0.2, 0.25) is 0 Å². The number of unbranched alkanes of at least 4 members (excludes halogenated alkanes) is 2. The first kappa shape index (κ1) is 19.6. The molecule has 0 heterocycles. The normalized spacial score (nSPS) is 12.2. The number of hydrogen-bond donors (Lipinski definition) is 1. The van der Waals surface area contributed by atoms with Gasteiger partial charge in [0.2, 0.25) is 0 Å². The van der Waals surface area contributed by atoms with Crippen molar-refractivity contribution in [1.29, 1.82) is 0 Å². The Hall–Kier alpha value is -1.49. The lowest BCUT2D eigenvalue weighted by atomic mass is 9.88. The van der Waals surface area contributed by atoms with Crippen molar-refractivity contribution in [2.75, 3.05) is 13.2 Å². The Bertz CT molecular complexity index is 465. The van der Waals surface area contributed by atoms with Gasteiger partial charge in [0.1, 0.15) is 13.6 Å². The molecule has 5 heteroatoms. The van der Waals surface area contributed by atoms with E-state index in [1.165, 1.54) is 5.56 Å². The Kier molecular flexibility index (Phi) is 9.45. The maximum Gasteiger partial charge on any atom is 0.305 e. The van der Waals surface area contributed by atoms with E-state index in [0.29, 0.717) is 25.7 Å². The molecule has 0 spiro atoms. The number of carbonyl (C=O) groups excluding carboxylic acids is 1. The predicted octanol–water partition coefficient (Wildman–Crippen LogP) is 2.82. The van der Waals surface area contributed by atoms with Crippen molar-refractivity contribution in [3.63, 3.8) is 0 Å². The molecule has 4 nitrogen and oxygen atoms in total. The highest BCUT2D eigenvalue weighted by Gasteiger charge is 2.11. The smallest absolute Gasteiger partial charge is 0.305 e. The van der Waals surface area contributed by atoms with Crippen LogP contribution in [-0.4, -0.2) is 33.1 Å². The van der Waals surface area contributed by atoms with Crippen molar-refractivity contribution in [3.05, 3.63) is 29.8 Å². The molecular weight excluding hydrogens is 289 g/mol. The Morgan fingerprint density at radius 2 is 1.96 bits per heavy atom. The summed E-state index contributed by atoms with van der Waals surface area (Å²) in [6, 6.07) is 8.60. The van der Waals surface area contributed by atoms with Gasteiger partial charge in [-0.2, -0.15) is 0 Å². The molecule has 23 heavy (non-hydrogen) atoms. The second-order valence-corrected chi connectivity index (χ2v) is 6.05. The summed E-state index contributed by atoms with van der Waals surface area (Å²) in [6.07, 6.45) is 3.27. The minimum atomic E-state index is -0.104. The summed E-state index contributed by atoms with van der Waals surface area (Å²) in [6.45, 7) is 7.25. The third kappa shape index (κ3) is 8.07. The Balaban J connectivity index is 2.33. The molecule has 0 radical (unpaired) electrons. The standard InChI is InChI=1S/C18H30BNO3/c1-4-22-17(21)12-6-5-9-13-23-16-11-8-7-10-15(16)18(19)20-14(2)3/h7-8,10-11,14,18,20H,4-6,9,12-13,19H2,1-3H3. The van der Waals surface area contributed by atoms with Gasteiger partial charge >= 0.3 is 5.97 Å². The van der Waals surface area contributed by atoms with E-state index in [1.807, 2.05) is 25.1 Å². The van der Waals surface area contributed by atoms with Crippen molar-refractivity contribution < 1.29 is 14.3 Å². The van der Waals surface area contributed by atoms with E-state index in [4.69, 9.17) is 9.47 Å². The van der Waals surface area contributed by atoms with Gasteiger partial charge in [0, 0.05) is 24.0 Å². The molecule has 1 aromatic carbocycles. The Morgan fingerprint density at radius 1 is 1.22 bits per heavy atom. The van der Waals surface area contributed by atoms with Crippen LogP contribution in [0.25, 0.3) is 0 Å². The SMILES string of the molecule is BC(NC(C)C)c1ccccc1OCCCCCC(=O)OCC. The van der Waals surface area contributed by atoms with E-state index in [2.05, 4.69) is 33.1 Å². The van der Waals surface area contributed by atoms with Crippen LogP contribution in [0, 0.1) is 0 Å². The van der Waals surface area contributed by atoms with Crippen molar-refractivity contribution in [1.82, 2.24) is 5.32 Å². The second-order valence-electron chi connectivity index (χ2n) is 6.05. The Morgan fingerprint density at radius 3 is 2.65 bits per heavy atom. The van der Waals surface area contributed by atoms with Crippen molar-refractivity contribution in [2.45, 2.75) is 58.4 Å². The summed E-state index contributed by atoms with van der Waals surface area (Å²) >= 11 is 0. The van der Waals surface area contributed by atoms with Crippen LogP contribution in [0.1, 0.15) is 58.0 Å². The van der Waals surface area contributed by atoms with Crippen LogP contribution >= 0.6 is 0 Å². The molecule has 1 rings (SSSR count). The Labute approximate surface area is 141 Å². The zero-order valence-electron chi connectivity index (χ0n) is 14.9. The number of benzene rings is 1. The van der Waals surface area contributed by atoms with Gasteiger partial charge in [-0.1, -0.05) is 32.0 Å². The molecule has 1 unspecified atom stereocenters. The lowest BCUT2D eigenvalue weighted by Crippen LogP contribution is -2.28. The third-order valence-electron chi connectivity index (χ3n) is 3.56. The minimum Gasteiger partial charge on any atom is -0.493 e. The zero-order chi connectivity index (χ0) is 17.1. The maximum atomic E-state index is 11.2. The third-order valence-corrected chi connectivity index (χ3v) is 3.56. The van der Waals surface area contributed by atoms with Crippen LogP contribution in [0.4, 0.5) is 0 Å². The fourth-order valence-corrected chi connectivity index (χ4v) is 2.52. The summed E-state index contributed by atoms with van der Waals surface area (Å²) in [5.41, 5.74) is 1.19. The fourth-order valence-electron chi connectivity index (χ4n) is 2.52. The molecule has 0 aliphatic heterocycles. The van der Waals surface area contributed by atoms with E-state index < -0.39 is 0 Å². The number of rotatable bonds is 11. The summed E-state index contributed by atoms with van der Waals surface area (Å²) in [7, 11) is 2.15. The average molecular weight is 319 g/mol. The quantitative estimate of drug-likeness (QED) is 0.387. The van der Waals surface area contributed by atoms with E-state index >= 15 is 0 Å². The summed E-state index contributed by atoms with van der Waals surface area (Å²) in [4.78, 5) is 11.2. The van der Waals surface area contributed by atoms with Gasteiger partial charge in [0.25, 0.3) is 0 Å². The van der Waals surface area contributed by atoms with Crippen LogP contribution < -0.4 is 10.1 Å². The molecule has 0 aromatic heterocycles. The van der Waals surface area contributed by atoms with E-state index in [-0.39, 0.29) is 11.9 Å². The molecule has 1 aromatic rings. The largest absolute Gasteiger partial charge is 0.493 e. The first-order valence-electron chi connectivity index (χ1n) is 8.68. The summed E-state index contributed by atoms with van der Waals surface area (Å²) in [5, 5.41) is 3.50. The van der Waals surface area contributed by atoms with Crippen molar-refractivity contribution in [3.8, 4) is 5.75 Å². The fraction of sp³-hybridized carbons (Fsp3) is 0.611. The molecule has 1 N–H and O–H groups in total. The summed E-state index contributed by atoms with van der Waals surface area (Å²) < 4.78 is 10.9. The second kappa shape index (κ2) is 11.1. The van der Waals surface area contributed by atoms with Gasteiger partial charge in [-0.05, 0) is 32.3 Å². The van der Waals surface area contributed by atoms with E-state index in [0.717, 1.165) is 25.0 Å². The molecule has 0 saturated carbocycles. The first-order chi connectivity index (χ1) is 11.0. The molecule has 0 amide bonds. The van der Waals surface area contributed by atoms with Gasteiger partial charge in [0.05, 0.1) is 13.2 Å². The molecule has 0 aliphatic carbocycles. The number of ether oxygens (including phenoxy) is 2. The van der Waals surface area contributed by atoms with E-state index in [1.54, 1.807) is 0 Å². The van der Waals surface area contributed by atoms with Gasteiger partial charge < -0.3 is 14.8 Å². The zero-order valence-corrected chi connectivity index (χ0v) is 14.9. The van der Waals surface area contributed by atoms with Crippen LogP contribution in [0.3, 0.4) is 0 Å². The van der Waals surface area contributed by atoms with Crippen LogP contribution in [0.5, 0.6) is 5.75 Å². The molecule has 1 atom stereocenters. The maximum absolute atomic E-state index is 11.2. The lowest BCUT2D eigenvalue weighted by molar-refractivity contribution is -0.143. The first-order valence-corrected chi connectivity index (χ1v) is 8.68. The monoisotopic (exact) mass is 319 g/mol. The molecule has 0 saturated heterocycles. The minimum absolute atomic E-state index is 0.104. The lowest BCUT2D eigenvalue weighted by Gasteiger charge is -2.20. The average Bonchev–Trinajstić information content (AvgIpc) is 2.50. The van der Waals surface area contributed by atoms with Gasteiger partial charge in [-0.25, -0.2) is 0 Å². The number of para-hydroxylation sites is 1. The molecule has 0 fully saturated rings. The van der Waals surface area contributed by atoms with Gasteiger partial charge in [-0.15, -0.1) is 0 Å². The molecule has 0 aliphatic rings. The van der Waals surface area contributed by atoms with E-state index in [9.17, 15) is 4.79 Å². The van der Waals surface area contributed by atoms with Gasteiger partial charge in [0.15, 0.2) is 0 Å². The number of hydrogen-bond acceptors (Lipinski definition) is 4. The van der Waals surface area contributed by atoms with Crippen LogP contribution in [0.15, 0.2) is 24.3 Å². The molecule has 128 valence electrons. The topological polar surface area (TPSA) is 47.6 Å². The molecular formula is C18H30BNO3. The number of esters is 1. The molecule has 0 bridgehead atoms. The predicted molar refractivity (Wildman–Crippen MR) is 96.6 cm³/mol. The summed E-state index contributed by atoms with van der Waals surface area (Å²) in [5.74, 6) is 1.10. The highest BCUT2D eigenvalue weighted by atomic mass is 16.5. The number of carbonyl (C=O) groups is 1. The van der Waals surface area contributed by atoms with Gasteiger partial charge in [-0.3, -0.25) is 4.79 Å². The number of nitrogens with one attached hydrogen (secondary N) is 1. The highest BCUT2D eigenvalue weighted by Crippen LogP contribution is 2.24.